The summed E-state index contributed by atoms with van der Waals surface area (Å²) in [5.74, 6) is -1.85. The summed E-state index contributed by atoms with van der Waals surface area (Å²) in [7, 11) is 0. The summed E-state index contributed by atoms with van der Waals surface area (Å²) >= 11 is 0. The van der Waals surface area contributed by atoms with Crippen molar-refractivity contribution >= 4 is 28.9 Å². The van der Waals surface area contributed by atoms with Crippen molar-refractivity contribution in [1.29, 1.82) is 0 Å². The minimum atomic E-state index is -4.54. The SMILES string of the molecule is CC(C)(C)OC(=O)Cn1c(/C=C/C(=O)O)cc2ccc(C(F)(F)F)cc21. The summed E-state index contributed by atoms with van der Waals surface area (Å²) < 4.78 is 45.5. The number of rotatable bonds is 4. The van der Waals surface area contributed by atoms with Crippen molar-refractivity contribution < 1.29 is 32.6 Å². The van der Waals surface area contributed by atoms with Gasteiger partial charge in [0.25, 0.3) is 0 Å². The molecule has 0 unspecified atom stereocenters. The predicted molar refractivity (Wildman–Crippen MR) is 89.5 cm³/mol. The van der Waals surface area contributed by atoms with E-state index in [2.05, 4.69) is 0 Å². The third-order valence-electron chi connectivity index (χ3n) is 3.37. The topological polar surface area (TPSA) is 68.5 Å². The lowest BCUT2D eigenvalue weighted by molar-refractivity contribution is -0.155. The first-order chi connectivity index (χ1) is 11.9. The molecule has 2 aromatic rings. The Labute approximate surface area is 147 Å². The zero-order valence-corrected chi connectivity index (χ0v) is 14.4. The Morgan fingerprint density at radius 3 is 2.38 bits per heavy atom. The number of hydrogen-bond donors (Lipinski definition) is 1. The highest BCUT2D eigenvalue weighted by Gasteiger charge is 2.31. The predicted octanol–water partition coefficient (Wildman–Crippen LogP) is 4.10. The van der Waals surface area contributed by atoms with Crippen LogP contribution < -0.4 is 0 Å². The van der Waals surface area contributed by atoms with Gasteiger partial charge in [-0.2, -0.15) is 13.2 Å². The van der Waals surface area contributed by atoms with E-state index in [-0.39, 0.29) is 17.8 Å². The van der Waals surface area contributed by atoms with Gasteiger partial charge in [0.15, 0.2) is 0 Å². The van der Waals surface area contributed by atoms with Crippen LogP contribution in [0.4, 0.5) is 13.2 Å². The number of hydrogen-bond acceptors (Lipinski definition) is 3. The van der Waals surface area contributed by atoms with Crippen molar-refractivity contribution in [2.75, 3.05) is 0 Å². The molecule has 26 heavy (non-hydrogen) atoms. The van der Waals surface area contributed by atoms with Crippen LogP contribution in [0.3, 0.4) is 0 Å². The van der Waals surface area contributed by atoms with Gasteiger partial charge in [-0.25, -0.2) is 4.79 Å². The number of ether oxygens (including phenoxy) is 1. The molecule has 0 saturated heterocycles. The third-order valence-corrected chi connectivity index (χ3v) is 3.37. The number of fused-ring (bicyclic) bond motifs is 1. The molecule has 0 saturated carbocycles. The lowest BCUT2D eigenvalue weighted by Crippen LogP contribution is -2.26. The van der Waals surface area contributed by atoms with Gasteiger partial charge in [0, 0.05) is 22.7 Å². The standard InChI is InChI=1S/C18H18F3NO4/c1-17(2,3)26-16(25)10-22-13(6-7-15(23)24)8-11-4-5-12(9-14(11)22)18(19,20)21/h4-9H,10H2,1-3H3,(H,23,24)/b7-6+. The fraction of sp³-hybridized carbons (Fsp3) is 0.333. The number of carboxylic acids is 1. The van der Waals surface area contributed by atoms with Crippen LogP contribution in [0.15, 0.2) is 30.3 Å². The smallest absolute Gasteiger partial charge is 0.416 e. The molecule has 0 amide bonds. The van der Waals surface area contributed by atoms with Gasteiger partial charge in [0.05, 0.1) is 5.56 Å². The normalized spacial score (nSPS) is 12.7. The van der Waals surface area contributed by atoms with Crippen LogP contribution in [0, 0.1) is 0 Å². The van der Waals surface area contributed by atoms with E-state index in [1.807, 2.05) is 0 Å². The molecule has 0 aliphatic rings. The number of nitrogens with zero attached hydrogens (tertiary/aromatic N) is 1. The number of carbonyl (C=O) groups is 2. The van der Waals surface area contributed by atoms with Gasteiger partial charge in [-0.05, 0) is 45.0 Å². The molecule has 5 nitrogen and oxygen atoms in total. The third kappa shape index (κ3) is 4.87. The Balaban J connectivity index is 2.55. The minimum Gasteiger partial charge on any atom is -0.478 e. The summed E-state index contributed by atoms with van der Waals surface area (Å²) in [6.07, 6.45) is -2.46. The van der Waals surface area contributed by atoms with E-state index in [0.717, 1.165) is 18.2 Å². The van der Waals surface area contributed by atoms with Crippen molar-refractivity contribution in [3.05, 3.63) is 41.6 Å². The van der Waals surface area contributed by atoms with Gasteiger partial charge in [-0.3, -0.25) is 4.79 Å². The molecule has 1 aromatic carbocycles. The maximum atomic E-state index is 13.0. The van der Waals surface area contributed by atoms with Crippen molar-refractivity contribution in [3.63, 3.8) is 0 Å². The van der Waals surface area contributed by atoms with Crippen LogP contribution >= 0.6 is 0 Å². The van der Waals surface area contributed by atoms with Crippen LogP contribution in [0.25, 0.3) is 17.0 Å². The molecular weight excluding hydrogens is 351 g/mol. The Morgan fingerprint density at radius 1 is 1.19 bits per heavy atom. The molecule has 1 aromatic heterocycles. The molecule has 0 aliphatic heterocycles. The van der Waals surface area contributed by atoms with Crippen molar-refractivity contribution in [3.8, 4) is 0 Å². The number of alkyl halides is 3. The number of carboxylic acid groups (broad SMARTS) is 1. The fourth-order valence-electron chi connectivity index (χ4n) is 2.43. The summed E-state index contributed by atoms with van der Waals surface area (Å²) in [5.41, 5.74) is -1.17. The first-order valence-corrected chi connectivity index (χ1v) is 7.70. The number of benzene rings is 1. The van der Waals surface area contributed by atoms with E-state index in [4.69, 9.17) is 9.84 Å². The highest BCUT2D eigenvalue weighted by atomic mass is 19.4. The molecular formula is C18H18F3NO4. The summed E-state index contributed by atoms with van der Waals surface area (Å²) in [6.45, 7) is 4.67. The average molecular weight is 369 g/mol. The Morgan fingerprint density at radius 2 is 1.85 bits per heavy atom. The Kier molecular flexibility index (Phi) is 5.16. The van der Waals surface area contributed by atoms with Crippen molar-refractivity contribution in [1.82, 2.24) is 4.57 Å². The van der Waals surface area contributed by atoms with Crippen molar-refractivity contribution in [2.24, 2.45) is 0 Å². The van der Waals surface area contributed by atoms with Gasteiger partial charge in [0.1, 0.15) is 12.1 Å². The van der Waals surface area contributed by atoms with Gasteiger partial charge in [-0.1, -0.05) is 6.07 Å². The first kappa shape index (κ1) is 19.6. The Hall–Kier alpha value is -2.77. The maximum absolute atomic E-state index is 13.0. The number of aliphatic carboxylic acids is 1. The lowest BCUT2D eigenvalue weighted by Gasteiger charge is -2.20. The molecule has 1 heterocycles. The zero-order valence-electron chi connectivity index (χ0n) is 14.4. The van der Waals surface area contributed by atoms with Crippen molar-refractivity contribution in [2.45, 2.75) is 39.1 Å². The highest BCUT2D eigenvalue weighted by molar-refractivity contribution is 5.89. The first-order valence-electron chi connectivity index (χ1n) is 7.70. The minimum absolute atomic E-state index is 0.163. The van der Waals surface area contributed by atoms with E-state index < -0.39 is 29.3 Å². The second-order valence-electron chi connectivity index (χ2n) is 6.68. The fourth-order valence-corrected chi connectivity index (χ4v) is 2.43. The second-order valence-corrected chi connectivity index (χ2v) is 6.68. The number of carbonyl (C=O) groups excluding carboxylic acids is 1. The second kappa shape index (κ2) is 6.86. The molecule has 0 radical (unpaired) electrons. The van der Waals surface area contributed by atoms with E-state index in [1.54, 1.807) is 20.8 Å². The van der Waals surface area contributed by atoms with Crippen LogP contribution in [0.2, 0.25) is 0 Å². The van der Waals surface area contributed by atoms with E-state index in [9.17, 15) is 22.8 Å². The lowest BCUT2D eigenvalue weighted by atomic mass is 10.1. The summed E-state index contributed by atoms with van der Waals surface area (Å²) in [6, 6.07) is 4.66. The maximum Gasteiger partial charge on any atom is 0.416 e. The van der Waals surface area contributed by atoms with Gasteiger partial charge >= 0.3 is 18.1 Å². The molecule has 0 spiro atoms. The number of esters is 1. The number of aromatic nitrogens is 1. The molecule has 8 heteroatoms. The van der Waals surface area contributed by atoms with E-state index in [1.165, 1.54) is 22.8 Å². The van der Waals surface area contributed by atoms with Gasteiger partial charge in [0.2, 0.25) is 0 Å². The summed E-state index contributed by atoms with van der Waals surface area (Å²) in [4.78, 5) is 22.9. The summed E-state index contributed by atoms with van der Waals surface area (Å²) in [5, 5.41) is 9.24. The quantitative estimate of drug-likeness (QED) is 0.651. The average Bonchev–Trinajstić information content (AvgIpc) is 2.79. The van der Waals surface area contributed by atoms with Crippen LogP contribution in [0.1, 0.15) is 32.0 Å². The van der Waals surface area contributed by atoms with E-state index in [0.29, 0.717) is 5.39 Å². The molecule has 0 bridgehead atoms. The van der Waals surface area contributed by atoms with Crippen LogP contribution in [-0.2, 0) is 27.0 Å². The molecule has 2 rings (SSSR count). The molecule has 140 valence electrons. The van der Waals surface area contributed by atoms with Crippen LogP contribution in [-0.4, -0.2) is 27.2 Å². The van der Waals surface area contributed by atoms with Gasteiger partial charge < -0.3 is 14.4 Å². The van der Waals surface area contributed by atoms with E-state index >= 15 is 0 Å². The number of halogens is 3. The molecule has 1 N–H and O–H groups in total. The molecule has 0 aliphatic carbocycles. The Bertz CT molecular complexity index is 873. The zero-order chi connectivity index (χ0) is 19.7. The van der Waals surface area contributed by atoms with Gasteiger partial charge in [-0.15, -0.1) is 0 Å². The largest absolute Gasteiger partial charge is 0.478 e. The van der Waals surface area contributed by atoms with Crippen LogP contribution in [0.5, 0.6) is 0 Å². The monoisotopic (exact) mass is 369 g/mol. The highest BCUT2D eigenvalue weighted by Crippen LogP contribution is 2.32. The molecule has 0 fully saturated rings. The molecule has 0 atom stereocenters.